The predicted molar refractivity (Wildman–Crippen MR) is 84.1 cm³/mol. The van der Waals surface area contributed by atoms with E-state index in [1.807, 2.05) is 12.1 Å². The van der Waals surface area contributed by atoms with Crippen LogP contribution < -0.4 is 10.1 Å². The molecule has 0 saturated carbocycles. The van der Waals surface area contributed by atoms with E-state index in [9.17, 15) is 0 Å². The lowest BCUT2D eigenvalue weighted by molar-refractivity contribution is 0.418. The van der Waals surface area contributed by atoms with Crippen LogP contribution in [0.2, 0.25) is 0 Å². The molecule has 108 valence electrons. The van der Waals surface area contributed by atoms with Crippen molar-refractivity contribution in [3.63, 3.8) is 0 Å². The quantitative estimate of drug-likeness (QED) is 0.829. The number of nitrogens with zero attached hydrogens (tertiary/aromatic N) is 1. The zero-order valence-corrected chi connectivity index (χ0v) is 12.6. The molecule has 0 aliphatic heterocycles. The van der Waals surface area contributed by atoms with Gasteiger partial charge in [-0.15, -0.1) is 0 Å². The fourth-order valence-electron chi connectivity index (χ4n) is 2.31. The molecule has 1 aromatic carbocycles. The molecule has 0 bridgehead atoms. The number of fused-ring (bicyclic) bond motifs is 1. The Kier molecular flexibility index (Phi) is 5.36. The first kappa shape index (κ1) is 14.8. The van der Waals surface area contributed by atoms with Gasteiger partial charge in [-0.3, -0.25) is 0 Å². The van der Waals surface area contributed by atoms with E-state index < -0.39 is 0 Å². The summed E-state index contributed by atoms with van der Waals surface area (Å²) in [4.78, 5) is 4.71. The Morgan fingerprint density at radius 2 is 2.10 bits per heavy atom. The van der Waals surface area contributed by atoms with Crippen LogP contribution in [0.1, 0.15) is 38.8 Å². The Labute approximate surface area is 121 Å². The molecule has 0 amide bonds. The molecule has 0 saturated heterocycles. The van der Waals surface area contributed by atoms with E-state index in [0.29, 0.717) is 6.04 Å². The SMILES string of the molecule is CCCCC(C)NCc1ccc2cccc(OC)c2n1. The molecule has 3 heteroatoms. The van der Waals surface area contributed by atoms with Gasteiger partial charge in [0, 0.05) is 18.0 Å². The minimum atomic E-state index is 0.533. The van der Waals surface area contributed by atoms with Crippen molar-refractivity contribution in [2.75, 3.05) is 7.11 Å². The molecule has 1 N–H and O–H groups in total. The molecular formula is C17H24N2O. The Hall–Kier alpha value is -1.61. The largest absolute Gasteiger partial charge is 0.494 e. The van der Waals surface area contributed by atoms with E-state index >= 15 is 0 Å². The number of hydrogen-bond acceptors (Lipinski definition) is 3. The van der Waals surface area contributed by atoms with E-state index in [1.165, 1.54) is 19.3 Å². The molecule has 1 aromatic heterocycles. The summed E-state index contributed by atoms with van der Waals surface area (Å²) in [6.45, 7) is 5.26. The Morgan fingerprint density at radius 3 is 2.85 bits per heavy atom. The highest BCUT2D eigenvalue weighted by molar-refractivity contribution is 5.84. The lowest BCUT2D eigenvalue weighted by atomic mass is 10.1. The summed E-state index contributed by atoms with van der Waals surface area (Å²) in [5, 5.41) is 4.65. The first-order valence-corrected chi connectivity index (χ1v) is 7.40. The van der Waals surface area contributed by atoms with Gasteiger partial charge in [0.15, 0.2) is 0 Å². The summed E-state index contributed by atoms with van der Waals surface area (Å²) >= 11 is 0. The van der Waals surface area contributed by atoms with Gasteiger partial charge in [0.1, 0.15) is 11.3 Å². The third-order valence-corrected chi connectivity index (χ3v) is 3.58. The van der Waals surface area contributed by atoms with Gasteiger partial charge in [0.05, 0.1) is 12.8 Å². The van der Waals surface area contributed by atoms with Crippen LogP contribution in [0.4, 0.5) is 0 Å². The molecule has 1 heterocycles. The van der Waals surface area contributed by atoms with Crippen molar-refractivity contribution in [1.82, 2.24) is 10.3 Å². The molecule has 0 fully saturated rings. The number of aromatic nitrogens is 1. The second kappa shape index (κ2) is 7.25. The van der Waals surface area contributed by atoms with Crippen LogP contribution in [0.3, 0.4) is 0 Å². The second-order valence-electron chi connectivity index (χ2n) is 5.26. The standard InChI is InChI=1S/C17H24N2O/c1-4-5-7-13(2)18-12-15-11-10-14-8-6-9-16(20-3)17(14)19-15/h6,8-11,13,18H,4-5,7,12H2,1-3H3. The molecule has 1 atom stereocenters. The molecule has 0 radical (unpaired) electrons. The fourth-order valence-corrected chi connectivity index (χ4v) is 2.31. The van der Waals surface area contributed by atoms with Crippen molar-refractivity contribution in [2.24, 2.45) is 0 Å². The van der Waals surface area contributed by atoms with Gasteiger partial charge in [0.25, 0.3) is 0 Å². The minimum Gasteiger partial charge on any atom is -0.494 e. The van der Waals surface area contributed by atoms with Gasteiger partial charge < -0.3 is 10.1 Å². The van der Waals surface area contributed by atoms with Crippen LogP contribution in [0.5, 0.6) is 5.75 Å². The summed E-state index contributed by atoms with van der Waals surface area (Å²) < 4.78 is 5.38. The minimum absolute atomic E-state index is 0.533. The molecule has 0 aliphatic carbocycles. The summed E-state index contributed by atoms with van der Waals surface area (Å²) in [6, 6.07) is 10.7. The van der Waals surface area contributed by atoms with Gasteiger partial charge in [-0.2, -0.15) is 0 Å². The highest BCUT2D eigenvalue weighted by Gasteiger charge is 2.05. The first-order chi connectivity index (χ1) is 9.74. The van der Waals surface area contributed by atoms with Crippen molar-refractivity contribution in [1.29, 1.82) is 0 Å². The van der Waals surface area contributed by atoms with E-state index in [-0.39, 0.29) is 0 Å². The van der Waals surface area contributed by atoms with E-state index in [4.69, 9.17) is 9.72 Å². The molecule has 2 aromatic rings. The third-order valence-electron chi connectivity index (χ3n) is 3.58. The molecule has 0 aliphatic rings. The predicted octanol–water partition coefficient (Wildman–Crippen LogP) is 3.91. The van der Waals surface area contributed by atoms with Gasteiger partial charge in [0.2, 0.25) is 0 Å². The smallest absolute Gasteiger partial charge is 0.145 e. The number of ether oxygens (including phenoxy) is 1. The fraction of sp³-hybridized carbons (Fsp3) is 0.471. The molecule has 1 unspecified atom stereocenters. The Morgan fingerprint density at radius 1 is 1.25 bits per heavy atom. The number of benzene rings is 1. The molecule has 20 heavy (non-hydrogen) atoms. The summed E-state index contributed by atoms with van der Waals surface area (Å²) in [6.07, 6.45) is 3.73. The number of hydrogen-bond donors (Lipinski definition) is 1. The number of nitrogens with one attached hydrogen (secondary N) is 1. The van der Waals surface area contributed by atoms with Crippen LogP contribution in [0.15, 0.2) is 30.3 Å². The number of unbranched alkanes of at least 4 members (excludes halogenated alkanes) is 1. The van der Waals surface area contributed by atoms with Crippen LogP contribution in [0, 0.1) is 0 Å². The van der Waals surface area contributed by atoms with Crippen LogP contribution in [-0.4, -0.2) is 18.1 Å². The lowest BCUT2D eigenvalue weighted by Gasteiger charge is -2.13. The molecular weight excluding hydrogens is 248 g/mol. The molecule has 0 spiro atoms. The number of methoxy groups -OCH3 is 1. The van der Waals surface area contributed by atoms with E-state index in [0.717, 1.165) is 28.9 Å². The maximum atomic E-state index is 5.38. The maximum Gasteiger partial charge on any atom is 0.145 e. The van der Waals surface area contributed by atoms with Crippen molar-refractivity contribution >= 4 is 10.9 Å². The summed E-state index contributed by atoms with van der Waals surface area (Å²) in [5.41, 5.74) is 2.00. The highest BCUT2D eigenvalue weighted by atomic mass is 16.5. The van der Waals surface area contributed by atoms with E-state index in [1.54, 1.807) is 7.11 Å². The van der Waals surface area contributed by atoms with Crippen molar-refractivity contribution in [3.05, 3.63) is 36.0 Å². The third kappa shape index (κ3) is 3.70. The van der Waals surface area contributed by atoms with Crippen molar-refractivity contribution < 1.29 is 4.74 Å². The average Bonchev–Trinajstić information content (AvgIpc) is 2.50. The number of para-hydroxylation sites is 1. The van der Waals surface area contributed by atoms with Gasteiger partial charge in [-0.25, -0.2) is 4.98 Å². The van der Waals surface area contributed by atoms with Crippen LogP contribution >= 0.6 is 0 Å². The highest BCUT2D eigenvalue weighted by Crippen LogP contribution is 2.23. The molecule has 2 rings (SSSR count). The first-order valence-electron chi connectivity index (χ1n) is 7.40. The number of pyridine rings is 1. The normalized spacial score (nSPS) is 12.6. The second-order valence-corrected chi connectivity index (χ2v) is 5.26. The Bertz CT molecular complexity index is 554. The average molecular weight is 272 g/mol. The van der Waals surface area contributed by atoms with Crippen LogP contribution in [-0.2, 0) is 6.54 Å². The van der Waals surface area contributed by atoms with E-state index in [2.05, 4.69) is 37.4 Å². The summed E-state index contributed by atoms with van der Waals surface area (Å²) in [7, 11) is 1.69. The van der Waals surface area contributed by atoms with Crippen molar-refractivity contribution in [3.8, 4) is 5.75 Å². The zero-order chi connectivity index (χ0) is 14.4. The van der Waals surface area contributed by atoms with Crippen molar-refractivity contribution in [2.45, 2.75) is 45.7 Å². The van der Waals surface area contributed by atoms with Gasteiger partial charge >= 0.3 is 0 Å². The van der Waals surface area contributed by atoms with Gasteiger partial charge in [-0.1, -0.05) is 38.0 Å². The monoisotopic (exact) mass is 272 g/mol. The lowest BCUT2D eigenvalue weighted by Crippen LogP contribution is -2.25. The summed E-state index contributed by atoms with van der Waals surface area (Å²) in [5.74, 6) is 0.836. The molecule has 3 nitrogen and oxygen atoms in total. The number of rotatable bonds is 7. The maximum absolute atomic E-state index is 5.38. The zero-order valence-electron chi connectivity index (χ0n) is 12.6. The van der Waals surface area contributed by atoms with Crippen LogP contribution in [0.25, 0.3) is 10.9 Å². The Balaban J connectivity index is 2.07. The van der Waals surface area contributed by atoms with Gasteiger partial charge in [-0.05, 0) is 25.5 Å². The topological polar surface area (TPSA) is 34.1 Å².